The van der Waals surface area contributed by atoms with Gasteiger partial charge in [0.05, 0.1) is 18.8 Å². The van der Waals surface area contributed by atoms with Gasteiger partial charge in [-0.25, -0.2) is 0 Å². The van der Waals surface area contributed by atoms with Crippen LogP contribution in [0.5, 0.6) is 0 Å². The van der Waals surface area contributed by atoms with Crippen molar-refractivity contribution in [3.05, 3.63) is 34.9 Å². The average molecular weight is 312 g/mol. The third-order valence-corrected chi connectivity index (χ3v) is 4.32. The summed E-state index contributed by atoms with van der Waals surface area (Å²) in [5, 5.41) is 14.1. The SMILES string of the molecule is CC(NCC(O)COC1CCCCC1)c1cccc(Cl)c1. The highest BCUT2D eigenvalue weighted by atomic mass is 35.5. The number of halogens is 1. The van der Waals surface area contributed by atoms with E-state index in [4.69, 9.17) is 16.3 Å². The van der Waals surface area contributed by atoms with E-state index >= 15 is 0 Å². The molecule has 0 spiro atoms. The maximum atomic E-state index is 10.0. The Kier molecular flexibility index (Phi) is 6.97. The Morgan fingerprint density at radius 1 is 1.33 bits per heavy atom. The van der Waals surface area contributed by atoms with Gasteiger partial charge in [0.25, 0.3) is 0 Å². The maximum absolute atomic E-state index is 10.0. The van der Waals surface area contributed by atoms with Gasteiger partial charge in [-0.15, -0.1) is 0 Å². The highest BCUT2D eigenvalue weighted by Gasteiger charge is 2.16. The van der Waals surface area contributed by atoms with E-state index < -0.39 is 6.10 Å². The van der Waals surface area contributed by atoms with Gasteiger partial charge in [-0.2, -0.15) is 0 Å². The minimum Gasteiger partial charge on any atom is -0.389 e. The normalized spacial score (nSPS) is 19.4. The van der Waals surface area contributed by atoms with Gasteiger partial charge in [0.15, 0.2) is 0 Å². The lowest BCUT2D eigenvalue weighted by molar-refractivity contribution is -0.0235. The quantitative estimate of drug-likeness (QED) is 0.806. The zero-order valence-electron chi connectivity index (χ0n) is 12.7. The predicted molar refractivity (Wildman–Crippen MR) is 86.7 cm³/mol. The van der Waals surface area contributed by atoms with Gasteiger partial charge < -0.3 is 15.2 Å². The van der Waals surface area contributed by atoms with Crippen LogP contribution in [-0.2, 0) is 4.74 Å². The van der Waals surface area contributed by atoms with Gasteiger partial charge in [-0.05, 0) is 37.5 Å². The van der Waals surface area contributed by atoms with E-state index in [0.29, 0.717) is 19.3 Å². The summed E-state index contributed by atoms with van der Waals surface area (Å²) in [6, 6.07) is 7.95. The van der Waals surface area contributed by atoms with Crippen LogP contribution in [0, 0.1) is 0 Å². The number of aliphatic hydroxyl groups is 1. The van der Waals surface area contributed by atoms with Crippen LogP contribution in [0.1, 0.15) is 50.6 Å². The number of aliphatic hydroxyl groups excluding tert-OH is 1. The number of hydrogen-bond acceptors (Lipinski definition) is 3. The zero-order valence-corrected chi connectivity index (χ0v) is 13.5. The van der Waals surface area contributed by atoms with Crippen LogP contribution < -0.4 is 5.32 Å². The molecule has 1 aromatic rings. The monoisotopic (exact) mass is 311 g/mol. The van der Waals surface area contributed by atoms with Crippen LogP contribution in [-0.4, -0.2) is 30.5 Å². The number of ether oxygens (including phenoxy) is 1. The van der Waals surface area contributed by atoms with Gasteiger partial charge in [0, 0.05) is 17.6 Å². The molecule has 0 saturated heterocycles. The molecule has 0 heterocycles. The summed E-state index contributed by atoms with van der Waals surface area (Å²) in [5.41, 5.74) is 1.13. The lowest BCUT2D eigenvalue weighted by Crippen LogP contribution is -2.33. The lowest BCUT2D eigenvalue weighted by Gasteiger charge is -2.24. The fourth-order valence-electron chi connectivity index (χ4n) is 2.74. The Bertz CT molecular complexity index is 421. The first-order valence-electron chi connectivity index (χ1n) is 7.93. The van der Waals surface area contributed by atoms with E-state index in [1.807, 2.05) is 24.3 Å². The third kappa shape index (κ3) is 5.95. The summed E-state index contributed by atoms with van der Waals surface area (Å²) in [5.74, 6) is 0. The summed E-state index contributed by atoms with van der Waals surface area (Å²) in [6.07, 6.45) is 5.99. The first-order valence-corrected chi connectivity index (χ1v) is 8.31. The molecule has 0 amide bonds. The maximum Gasteiger partial charge on any atom is 0.0898 e. The molecule has 1 aliphatic rings. The average Bonchev–Trinajstić information content (AvgIpc) is 2.51. The minimum absolute atomic E-state index is 0.160. The molecule has 0 radical (unpaired) electrons. The molecule has 21 heavy (non-hydrogen) atoms. The Labute approximate surface area is 132 Å². The molecule has 2 atom stereocenters. The third-order valence-electron chi connectivity index (χ3n) is 4.08. The van der Waals surface area contributed by atoms with E-state index in [1.165, 1.54) is 19.3 Å². The second-order valence-electron chi connectivity index (χ2n) is 5.93. The van der Waals surface area contributed by atoms with Crippen molar-refractivity contribution in [2.75, 3.05) is 13.2 Å². The van der Waals surface area contributed by atoms with Crippen molar-refractivity contribution in [2.45, 2.75) is 57.3 Å². The van der Waals surface area contributed by atoms with Crippen molar-refractivity contribution in [3.8, 4) is 0 Å². The lowest BCUT2D eigenvalue weighted by atomic mass is 9.98. The Hall–Kier alpha value is -0.610. The minimum atomic E-state index is -0.464. The van der Waals surface area contributed by atoms with Crippen LogP contribution in [0.25, 0.3) is 0 Å². The van der Waals surface area contributed by atoms with E-state index in [9.17, 15) is 5.11 Å². The molecule has 2 unspecified atom stereocenters. The molecule has 2 N–H and O–H groups in total. The van der Waals surface area contributed by atoms with Crippen LogP contribution >= 0.6 is 11.6 Å². The summed E-state index contributed by atoms with van der Waals surface area (Å²) in [7, 11) is 0. The van der Waals surface area contributed by atoms with Crippen LogP contribution in [0.15, 0.2) is 24.3 Å². The van der Waals surface area contributed by atoms with Crippen molar-refractivity contribution >= 4 is 11.6 Å². The summed E-state index contributed by atoms with van der Waals surface area (Å²) in [4.78, 5) is 0. The number of rotatable bonds is 7. The Morgan fingerprint density at radius 2 is 2.10 bits per heavy atom. The standard InChI is InChI=1S/C17H26ClNO2/c1-13(14-6-5-7-15(18)10-14)19-11-16(20)12-21-17-8-3-2-4-9-17/h5-7,10,13,16-17,19-20H,2-4,8-9,11-12H2,1H3. The number of benzene rings is 1. The first kappa shape index (κ1) is 16.8. The molecular weight excluding hydrogens is 286 g/mol. The molecular formula is C17H26ClNO2. The van der Waals surface area contributed by atoms with Crippen LogP contribution in [0.2, 0.25) is 5.02 Å². The van der Waals surface area contributed by atoms with Gasteiger partial charge in [-0.3, -0.25) is 0 Å². The molecule has 4 heteroatoms. The Balaban J connectivity index is 1.67. The zero-order chi connectivity index (χ0) is 15.1. The van der Waals surface area contributed by atoms with E-state index in [1.54, 1.807) is 0 Å². The van der Waals surface area contributed by atoms with Crippen molar-refractivity contribution in [2.24, 2.45) is 0 Å². The fourth-order valence-corrected chi connectivity index (χ4v) is 2.94. The molecule has 118 valence electrons. The largest absolute Gasteiger partial charge is 0.389 e. The fraction of sp³-hybridized carbons (Fsp3) is 0.647. The number of nitrogens with one attached hydrogen (secondary N) is 1. The Morgan fingerprint density at radius 3 is 2.81 bits per heavy atom. The molecule has 0 aromatic heterocycles. The topological polar surface area (TPSA) is 41.5 Å². The highest BCUT2D eigenvalue weighted by Crippen LogP contribution is 2.20. The molecule has 1 fully saturated rings. The second-order valence-corrected chi connectivity index (χ2v) is 6.37. The van der Waals surface area contributed by atoms with E-state index in [-0.39, 0.29) is 6.04 Å². The van der Waals surface area contributed by atoms with Crippen molar-refractivity contribution in [1.82, 2.24) is 5.32 Å². The van der Waals surface area contributed by atoms with Crippen molar-refractivity contribution in [3.63, 3.8) is 0 Å². The molecule has 2 rings (SSSR count). The predicted octanol–water partition coefficient (Wildman–Crippen LogP) is 3.70. The van der Waals surface area contributed by atoms with Gasteiger partial charge in [-0.1, -0.05) is 43.0 Å². The van der Waals surface area contributed by atoms with E-state index in [0.717, 1.165) is 23.4 Å². The molecule has 1 aliphatic carbocycles. The molecule has 0 bridgehead atoms. The summed E-state index contributed by atoms with van der Waals surface area (Å²) >= 11 is 5.99. The van der Waals surface area contributed by atoms with Crippen LogP contribution in [0.3, 0.4) is 0 Å². The molecule has 1 aromatic carbocycles. The molecule has 1 saturated carbocycles. The first-order chi connectivity index (χ1) is 10.1. The van der Waals surface area contributed by atoms with Crippen molar-refractivity contribution in [1.29, 1.82) is 0 Å². The van der Waals surface area contributed by atoms with E-state index in [2.05, 4.69) is 12.2 Å². The van der Waals surface area contributed by atoms with Crippen molar-refractivity contribution < 1.29 is 9.84 Å². The van der Waals surface area contributed by atoms with Gasteiger partial charge in [0.1, 0.15) is 0 Å². The number of hydrogen-bond donors (Lipinski definition) is 2. The second kappa shape index (κ2) is 8.74. The van der Waals surface area contributed by atoms with Crippen LogP contribution in [0.4, 0.5) is 0 Å². The van der Waals surface area contributed by atoms with Gasteiger partial charge in [0.2, 0.25) is 0 Å². The van der Waals surface area contributed by atoms with Gasteiger partial charge >= 0.3 is 0 Å². The molecule has 0 aliphatic heterocycles. The smallest absolute Gasteiger partial charge is 0.0898 e. The summed E-state index contributed by atoms with van der Waals surface area (Å²) < 4.78 is 5.79. The highest BCUT2D eigenvalue weighted by molar-refractivity contribution is 6.30. The molecule has 3 nitrogen and oxygen atoms in total. The summed E-state index contributed by atoms with van der Waals surface area (Å²) in [6.45, 7) is 3.01.